The van der Waals surface area contributed by atoms with Crippen molar-refractivity contribution in [2.24, 2.45) is 0 Å². The van der Waals surface area contributed by atoms with Crippen LogP contribution in [0.4, 0.5) is 0 Å². The molecule has 0 spiro atoms. The summed E-state index contributed by atoms with van der Waals surface area (Å²) in [6, 6.07) is 24.9. The Bertz CT molecular complexity index is 1110. The Kier molecular flexibility index (Phi) is 6.96. The predicted octanol–water partition coefficient (Wildman–Crippen LogP) is 3.90. The second-order valence-electron chi connectivity index (χ2n) is 8.48. The fourth-order valence-electron chi connectivity index (χ4n) is 4.18. The highest BCUT2D eigenvalue weighted by molar-refractivity contribution is 5.39. The number of imidazole rings is 1. The molecule has 2 aromatic heterocycles. The largest absolute Gasteiger partial charge is 0.487 e. The predicted molar refractivity (Wildman–Crippen MR) is 129 cm³/mol. The first kappa shape index (κ1) is 21.6. The van der Waals surface area contributed by atoms with Crippen molar-refractivity contribution < 1.29 is 9.47 Å². The average Bonchev–Trinajstić information content (AvgIpc) is 3.28. The van der Waals surface area contributed by atoms with Gasteiger partial charge in [-0.3, -0.25) is 4.90 Å². The van der Waals surface area contributed by atoms with Gasteiger partial charge in [0.2, 0.25) is 0 Å². The van der Waals surface area contributed by atoms with E-state index in [0.29, 0.717) is 6.61 Å². The molecule has 1 saturated heterocycles. The van der Waals surface area contributed by atoms with Gasteiger partial charge in [0.25, 0.3) is 0 Å². The molecule has 2 aromatic carbocycles. The van der Waals surface area contributed by atoms with Gasteiger partial charge in [0, 0.05) is 45.1 Å². The van der Waals surface area contributed by atoms with Gasteiger partial charge in [0.05, 0.1) is 18.4 Å². The molecule has 0 amide bonds. The molecule has 1 fully saturated rings. The highest BCUT2D eigenvalue weighted by atomic mass is 16.5. The van der Waals surface area contributed by atoms with Crippen LogP contribution >= 0.6 is 0 Å². The summed E-state index contributed by atoms with van der Waals surface area (Å²) in [4.78, 5) is 7.04. The van der Waals surface area contributed by atoms with Crippen molar-refractivity contribution in [2.75, 3.05) is 26.2 Å². The SMILES string of the molecule is c1ccc(CN2CCO[C@H](CNCc3ccc(OCc4cn5ccccc5n4)cc3)C2)cc1. The smallest absolute Gasteiger partial charge is 0.137 e. The van der Waals surface area contributed by atoms with Crippen LogP contribution < -0.4 is 10.1 Å². The van der Waals surface area contributed by atoms with Crippen molar-refractivity contribution in [3.05, 3.63) is 102 Å². The first-order valence-electron chi connectivity index (χ1n) is 11.5. The quantitative estimate of drug-likeness (QED) is 0.426. The Labute approximate surface area is 194 Å². The van der Waals surface area contributed by atoms with Gasteiger partial charge in [0.15, 0.2) is 0 Å². The van der Waals surface area contributed by atoms with Crippen molar-refractivity contribution in [3.8, 4) is 5.75 Å². The third-order valence-corrected chi connectivity index (χ3v) is 5.90. The number of morpholine rings is 1. The zero-order valence-corrected chi connectivity index (χ0v) is 18.8. The van der Waals surface area contributed by atoms with Crippen LogP contribution in [0.2, 0.25) is 0 Å². The van der Waals surface area contributed by atoms with Crippen molar-refractivity contribution in [2.45, 2.75) is 25.8 Å². The van der Waals surface area contributed by atoms with Gasteiger partial charge in [-0.25, -0.2) is 4.98 Å². The lowest BCUT2D eigenvalue weighted by Gasteiger charge is -2.33. The molecular formula is C27H30N4O2. The van der Waals surface area contributed by atoms with Crippen LogP contribution in [0, 0.1) is 0 Å². The zero-order chi connectivity index (χ0) is 22.3. The van der Waals surface area contributed by atoms with Gasteiger partial charge in [0.1, 0.15) is 18.0 Å². The monoisotopic (exact) mass is 442 g/mol. The number of rotatable bonds is 9. The lowest BCUT2D eigenvalue weighted by molar-refractivity contribution is -0.0300. The van der Waals surface area contributed by atoms with Gasteiger partial charge < -0.3 is 19.2 Å². The lowest BCUT2D eigenvalue weighted by Crippen LogP contribution is -2.46. The number of fused-ring (bicyclic) bond motifs is 1. The first-order valence-corrected chi connectivity index (χ1v) is 11.5. The molecule has 33 heavy (non-hydrogen) atoms. The van der Waals surface area contributed by atoms with E-state index in [2.05, 4.69) is 57.7 Å². The van der Waals surface area contributed by atoms with Crippen LogP contribution in [0.3, 0.4) is 0 Å². The van der Waals surface area contributed by atoms with Gasteiger partial charge in [-0.2, -0.15) is 0 Å². The summed E-state index contributed by atoms with van der Waals surface area (Å²) >= 11 is 0. The molecule has 3 heterocycles. The molecule has 170 valence electrons. The van der Waals surface area contributed by atoms with E-state index < -0.39 is 0 Å². The molecule has 1 N–H and O–H groups in total. The molecule has 4 aromatic rings. The van der Waals surface area contributed by atoms with Crippen LogP contribution in [0.15, 0.2) is 85.2 Å². The van der Waals surface area contributed by atoms with Crippen LogP contribution in [-0.2, 0) is 24.4 Å². The number of hydrogen-bond donors (Lipinski definition) is 1. The number of nitrogens with zero attached hydrogens (tertiary/aromatic N) is 3. The minimum absolute atomic E-state index is 0.218. The molecule has 0 radical (unpaired) electrons. The summed E-state index contributed by atoms with van der Waals surface area (Å²) < 4.78 is 13.9. The summed E-state index contributed by atoms with van der Waals surface area (Å²) in [5.74, 6) is 0.850. The first-order chi connectivity index (χ1) is 16.3. The van der Waals surface area contributed by atoms with E-state index in [4.69, 9.17) is 9.47 Å². The third-order valence-electron chi connectivity index (χ3n) is 5.90. The second-order valence-corrected chi connectivity index (χ2v) is 8.48. The Morgan fingerprint density at radius 1 is 0.970 bits per heavy atom. The highest BCUT2D eigenvalue weighted by Crippen LogP contribution is 2.15. The maximum absolute atomic E-state index is 5.97. The molecule has 0 unspecified atom stereocenters. The number of aromatic nitrogens is 2. The van der Waals surface area contributed by atoms with Gasteiger partial charge >= 0.3 is 0 Å². The molecule has 1 atom stereocenters. The van der Waals surface area contributed by atoms with Gasteiger partial charge in [-0.1, -0.05) is 48.5 Å². The molecule has 1 aliphatic heterocycles. The number of benzene rings is 2. The molecule has 0 aliphatic carbocycles. The maximum Gasteiger partial charge on any atom is 0.137 e. The van der Waals surface area contributed by atoms with E-state index in [1.54, 1.807) is 0 Å². The summed E-state index contributed by atoms with van der Waals surface area (Å²) in [5.41, 5.74) is 4.44. The average molecular weight is 443 g/mol. The Morgan fingerprint density at radius 3 is 2.67 bits per heavy atom. The number of hydrogen-bond acceptors (Lipinski definition) is 5. The van der Waals surface area contributed by atoms with Crippen LogP contribution in [0.5, 0.6) is 5.75 Å². The van der Waals surface area contributed by atoms with E-state index >= 15 is 0 Å². The topological polar surface area (TPSA) is 51.0 Å². The Hall–Kier alpha value is -3.19. The summed E-state index contributed by atoms with van der Waals surface area (Å²) in [6.45, 7) is 5.83. The van der Waals surface area contributed by atoms with Crippen LogP contribution in [0.1, 0.15) is 16.8 Å². The zero-order valence-electron chi connectivity index (χ0n) is 18.8. The molecule has 6 heteroatoms. The fraction of sp³-hybridized carbons (Fsp3) is 0.296. The summed E-state index contributed by atoms with van der Waals surface area (Å²) in [5, 5.41) is 3.54. The minimum atomic E-state index is 0.218. The Balaban J connectivity index is 1.05. The fourth-order valence-corrected chi connectivity index (χ4v) is 4.18. The third kappa shape index (κ3) is 5.99. The molecule has 6 nitrogen and oxygen atoms in total. The van der Waals surface area contributed by atoms with Crippen molar-refractivity contribution >= 4 is 5.65 Å². The maximum atomic E-state index is 5.97. The van der Waals surface area contributed by atoms with Crippen molar-refractivity contribution in [1.82, 2.24) is 19.6 Å². The van der Waals surface area contributed by atoms with E-state index in [0.717, 1.165) is 56.4 Å². The molecular weight excluding hydrogens is 412 g/mol. The highest BCUT2D eigenvalue weighted by Gasteiger charge is 2.20. The number of ether oxygens (including phenoxy) is 2. The number of pyridine rings is 1. The normalized spacial score (nSPS) is 16.8. The van der Waals surface area contributed by atoms with Gasteiger partial charge in [-0.15, -0.1) is 0 Å². The van der Waals surface area contributed by atoms with E-state index in [-0.39, 0.29) is 6.10 Å². The minimum Gasteiger partial charge on any atom is -0.487 e. The molecule has 0 saturated carbocycles. The van der Waals surface area contributed by atoms with Crippen LogP contribution in [0.25, 0.3) is 5.65 Å². The van der Waals surface area contributed by atoms with Crippen molar-refractivity contribution in [3.63, 3.8) is 0 Å². The van der Waals surface area contributed by atoms with Gasteiger partial charge in [-0.05, 0) is 35.4 Å². The van der Waals surface area contributed by atoms with E-state index in [9.17, 15) is 0 Å². The summed E-state index contributed by atoms with van der Waals surface area (Å²) in [6.07, 6.45) is 4.21. The lowest BCUT2D eigenvalue weighted by atomic mass is 10.2. The molecule has 0 bridgehead atoms. The van der Waals surface area contributed by atoms with E-state index in [1.807, 2.05) is 47.1 Å². The van der Waals surface area contributed by atoms with Crippen LogP contribution in [-0.4, -0.2) is 46.6 Å². The van der Waals surface area contributed by atoms with Crippen molar-refractivity contribution in [1.29, 1.82) is 0 Å². The summed E-state index contributed by atoms with van der Waals surface area (Å²) in [7, 11) is 0. The van der Waals surface area contributed by atoms with E-state index in [1.165, 1.54) is 11.1 Å². The standard InChI is InChI=1S/C27H30N4O2/c1-2-6-23(7-3-1)18-30-14-15-32-26(20-30)17-28-16-22-9-11-25(12-10-22)33-21-24-19-31-13-5-4-8-27(31)29-24/h1-13,19,26,28H,14-18,20-21H2/t26-/m1/s1. The Morgan fingerprint density at radius 2 is 1.82 bits per heavy atom. The molecule has 5 rings (SSSR count). The molecule has 1 aliphatic rings. The number of nitrogens with one attached hydrogen (secondary N) is 1. The second kappa shape index (κ2) is 10.6.